The molecule has 0 aliphatic carbocycles. The first-order chi connectivity index (χ1) is 48.7. The molecule has 0 aromatic rings. The molecule has 0 aromatic heterocycles. The SMILES string of the molecule is CC/C=C\C/C=C\C/C=C\C/C=C\C/C=C\CCCCCC(=O)OCC(COP(=O)(O)OCC(O)COP(=O)(O)OCC(COC(=O)CCCC/C=C\C/C=C\C/C=C\C/C=C\CC)OC(=O)CCCCCCC/C=C\CCCC)OC(=O)CCCC/C=C\C/C=C\C/C=C\C/C=C\CC. The molecule has 566 valence electrons. The fraction of sp³-hybridized carbons (Fsp3) is 0.605. The van der Waals surface area contributed by atoms with Crippen molar-refractivity contribution in [1.82, 2.24) is 0 Å². The van der Waals surface area contributed by atoms with Crippen molar-refractivity contribution in [2.45, 2.75) is 277 Å². The van der Waals surface area contributed by atoms with Crippen LogP contribution >= 0.6 is 15.6 Å². The van der Waals surface area contributed by atoms with E-state index in [1.165, 1.54) is 12.8 Å². The number of hydrogen-bond donors (Lipinski definition) is 3. The predicted octanol–water partition coefficient (Wildman–Crippen LogP) is 21.4. The minimum atomic E-state index is -5.00. The Balaban J connectivity index is 5.45. The zero-order valence-electron chi connectivity index (χ0n) is 61.5. The van der Waals surface area contributed by atoms with E-state index in [1.54, 1.807) is 0 Å². The molecule has 0 bridgehead atoms. The lowest BCUT2D eigenvalue weighted by Crippen LogP contribution is -2.30. The summed E-state index contributed by atoms with van der Waals surface area (Å²) >= 11 is 0. The lowest BCUT2D eigenvalue weighted by Gasteiger charge is -2.21. The van der Waals surface area contributed by atoms with Crippen LogP contribution in [0.5, 0.6) is 0 Å². The Morgan fingerprint density at radius 1 is 0.290 bits per heavy atom. The minimum Gasteiger partial charge on any atom is -0.462 e. The highest BCUT2D eigenvalue weighted by Crippen LogP contribution is 2.45. The number of phosphoric ester groups is 2. The van der Waals surface area contributed by atoms with Gasteiger partial charge in [-0.05, 0) is 167 Å². The molecule has 3 N–H and O–H groups in total. The summed E-state index contributed by atoms with van der Waals surface area (Å²) in [6.07, 6.45) is 83.7. The summed E-state index contributed by atoms with van der Waals surface area (Å²) < 4.78 is 68.3. The lowest BCUT2D eigenvalue weighted by molar-refractivity contribution is -0.161. The molecule has 0 radical (unpaired) electrons. The molecule has 0 aromatic carbocycles. The maximum Gasteiger partial charge on any atom is 0.472 e. The summed E-state index contributed by atoms with van der Waals surface area (Å²) in [6, 6.07) is 0. The van der Waals surface area contributed by atoms with Gasteiger partial charge in [0, 0.05) is 25.7 Å². The summed E-state index contributed by atoms with van der Waals surface area (Å²) in [7, 11) is -10.00. The smallest absolute Gasteiger partial charge is 0.462 e. The Kier molecular flexibility index (Phi) is 67.8. The topological polar surface area (TPSA) is 237 Å². The third-order valence-corrected chi connectivity index (χ3v) is 16.6. The number of aliphatic hydroxyl groups excluding tert-OH is 1. The molecule has 5 atom stereocenters. The molecule has 0 heterocycles. The maximum atomic E-state index is 13.1. The Bertz CT molecular complexity index is 2570. The van der Waals surface area contributed by atoms with Gasteiger partial charge in [0.05, 0.1) is 26.4 Å². The first-order valence-electron chi connectivity index (χ1n) is 37.4. The van der Waals surface area contributed by atoms with Crippen molar-refractivity contribution in [3.63, 3.8) is 0 Å². The van der Waals surface area contributed by atoms with Crippen LogP contribution in [0.4, 0.5) is 0 Å². The van der Waals surface area contributed by atoms with Crippen molar-refractivity contribution in [2.24, 2.45) is 0 Å². The number of esters is 4. The van der Waals surface area contributed by atoms with Gasteiger partial charge in [0.25, 0.3) is 0 Å². The summed E-state index contributed by atoms with van der Waals surface area (Å²) in [5.41, 5.74) is 0. The fourth-order valence-corrected chi connectivity index (χ4v) is 10.6. The number of ether oxygens (including phenoxy) is 4. The van der Waals surface area contributed by atoms with Crippen LogP contribution in [-0.4, -0.2) is 96.7 Å². The fourth-order valence-electron chi connectivity index (χ4n) is 9.03. The average molecular weight is 1440 g/mol. The van der Waals surface area contributed by atoms with Crippen LogP contribution in [0.1, 0.15) is 259 Å². The number of allylic oxidation sites excluding steroid dienone is 28. The van der Waals surface area contributed by atoms with Crippen molar-refractivity contribution >= 4 is 39.5 Å². The van der Waals surface area contributed by atoms with Crippen molar-refractivity contribution in [1.29, 1.82) is 0 Å². The Labute approximate surface area is 603 Å². The highest BCUT2D eigenvalue weighted by molar-refractivity contribution is 7.47. The van der Waals surface area contributed by atoms with E-state index in [2.05, 4.69) is 198 Å². The Morgan fingerprint density at radius 2 is 0.520 bits per heavy atom. The molecule has 0 amide bonds. The molecule has 100 heavy (non-hydrogen) atoms. The number of carbonyl (C=O) groups excluding carboxylic acids is 4. The van der Waals surface area contributed by atoms with E-state index >= 15 is 0 Å². The van der Waals surface area contributed by atoms with E-state index in [4.69, 9.17) is 37.0 Å². The van der Waals surface area contributed by atoms with Gasteiger partial charge in [-0.2, -0.15) is 0 Å². The van der Waals surface area contributed by atoms with Gasteiger partial charge in [0.2, 0.25) is 0 Å². The molecule has 0 aliphatic heterocycles. The second kappa shape index (κ2) is 71.8. The van der Waals surface area contributed by atoms with E-state index in [-0.39, 0.29) is 25.7 Å². The molecular weight excluding hydrogens is 1310 g/mol. The zero-order valence-corrected chi connectivity index (χ0v) is 63.3. The molecule has 17 nitrogen and oxygen atoms in total. The van der Waals surface area contributed by atoms with Crippen molar-refractivity contribution in [2.75, 3.05) is 39.6 Å². The molecule has 0 aliphatic rings. The second-order valence-corrected chi connectivity index (χ2v) is 27.0. The van der Waals surface area contributed by atoms with Gasteiger partial charge in [0.15, 0.2) is 12.2 Å². The zero-order chi connectivity index (χ0) is 73.2. The summed E-state index contributed by atoms with van der Waals surface area (Å²) in [5.74, 6) is -2.34. The van der Waals surface area contributed by atoms with Gasteiger partial charge >= 0.3 is 39.5 Å². The second-order valence-electron chi connectivity index (χ2n) is 24.1. The van der Waals surface area contributed by atoms with E-state index < -0.39 is 97.5 Å². The van der Waals surface area contributed by atoms with E-state index in [9.17, 15) is 43.2 Å². The number of carbonyl (C=O) groups is 4. The molecule has 0 fully saturated rings. The van der Waals surface area contributed by atoms with Gasteiger partial charge in [0.1, 0.15) is 19.3 Å². The van der Waals surface area contributed by atoms with Crippen LogP contribution in [0.2, 0.25) is 0 Å². The molecule has 0 saturated carbocycles. The first kappa shape index (κ1) is 94.4. The molecule has 0 rings (SSSR count). The molecule has 5 unspecified atom stereocenters. The molecular formula is C81H130O17P2. The molecule has 0 spiro atoms. The van der Waals surface area contributed by atoms with Gasteiger partial charge in [-0.25, -0.2) is 9.13 Å². The minimum absolute atomic E-state index is 0.0275. The normalized spacial score (nSPS) is 14.9. The van der Waals surface area contributed by atoms with Crippen LogP contribution in [-0.2, 0) is 65.4 Å². The number of hydrogen-bond acceptors (Lipinski definition) is 15. The largest absolute Gasteiger partial charge is 0.472 e. The summed E-state index contributed by atoms with van der Waals surface area (Å²) in [6.45, 7) is 4.30. The molecule has 0 saturated heterocycles. The Hall–Kier alpha value is -5.58. The van der Waals surface area contributed by atoms with E-state index in [0.717, 1.165) is 161 Å². The maximum absolute atomic E-state index is 13.1. The highest BCUT2D eigenvalue weighted by Gasteiger charge is 2.30. The Morgan fingerprint density at radius 3 is 0.840 bits per heavy atom. The third-order valence-electron chi connectivity index (χ3n) is 14.7. The van der Waals surface area contributed by atoms with Crippen LogP contribution in [0.25, 0.3) is 0 Å². The number of aliphatic hydroxyl groups is 1. The van der Waals surface area contributed by atoms with Gasteiger partial charge < -0.3 is 33.8 Å². The summed E-state index contributed by atoms with van der Waals surface area (Å²) in [5, 5.41) is 10.6. The lowest BCUT2D eigenvalue weighted by atomic mass is 10.1. The number of phosphoric acid groups is 2. The van der Waals surface area contributed by atoms with Gasteiger partial charge in [-0.15, -0.1) is 0 Å². The van der Waals surface area contributed by atoms with Crippen molar-refractivity contribution in [3.8, 4) is 0 Å². The predicted molar refractivity (Wildman–Crippen MR) is 408 cm³/mol. The summed E-state index contributed by atoms with van der Waals surface area (Å²) in [4.78, 5) is 72.8. The van der Waals surface area contributed by atoms with Crippen LogP contribution < -0.4 is 0 Å². The van der Waals surface area contributed by atoms with Crippen LogP contribution in [0, 0.1) is 0 Å². The first-order valence-corrected chi connectivity index (χ1v) is 40.4. The van der Waals surface area contributed by atoms with E-state index in [1.807, 2.05) is 0 Å². The van der Waals surface area contributed by atoms with Gasteiger partial charge in [-0.3, -0.25) is 37.3 Å². The van der Waals surface area contributed by atoms with Gasteiger partial charge in [-0.1, -0.05) is 236 Å². The van der Waals surface area contributed by atoms with Crippen molar-refractivity contribution in [3.05, 3.63) is 170 Å². The van der Waals surface area contributed by atoms with E-state index in [0.29, 0.717) is 32.1 Å². The van der Waals surface area contributed by atoms with Crippen molar-refractivity contribution < 1.29 is 80.2 Å². The number of rotatable bonds is 68. The number of unbranched alkanes of at least 4 members (excludes halogenated alkanes) is 14. The quantitative estimate of drug-likeness (QED) is 0.0169. The third kappa shape index (κ3) is 70.8. The average Bonchev–Trinajstić information content (AvgIpc) is 0.985. The molecule has 19 heteroatoms. The van der Waals surface area contributed by atoms with Crippen LogP contribution in [0.3, 0.4) is 0 Å². The van der Waals surface area contributed by atoms with Crippen LogP contribution in [0.15, 0.2) is 170 Å². The standard InChI is InChI=1S/C81H130O17P2/c1-5-9-13-17-21-25-29-32-35-36-37-38-41-43-47-50-54-58-62-66-79(84)92-72-77(98-81(86)68-64-60-56-52-48-44-40-34-31-27-23-19-15-11-7-3)74-96-100(89,90)94-70-75(82)69-93-99(87,88)95-73-76(97-80(85)67-63-59-55-51-45-28-24-20-16-12-8-4)71-91-78(83)65-61-57-53-49-46-42-39-33-30-26-22-18-14-10-6-2/h9-11,13-15,20-27,32-35,37-40,43,46-49,52,75-77,82H,5-8,12,16-19,28-31,36,41-42,44-45,50-51,53-74H2,1-4H3,(H,87,88)(H,89,90)/b13-9-,14-10-,15-11-,24-20-,25-21-,26-22-,27-23-,35-32-,38-37-,39-33-,40-34-,47-43-,49-46-,52-48-. The highest BCUT2D eigenvalue weighted by atomic mass is 31.2. The monoisotopic (exact) mass is 1440 g/mol.